The minimum absolute atomic E-state index is 0.196. The summed E-state index contributed by atoms with van der Waals surface area (Å²) in [4.78, 5) is 0. The number of aryl methyl sites for hydroxylation is 2. The lowest BCUT2D eigenvalue weighted by Gasteiger charge is -2.01. The lowest BCUT2D eigenvalue weighted by Crippen LogP contribution is -1.88. The molecule has 0 unspecified atom stereocenters. The molecular weight excluding hydrogens is 246 g/mol. The monoisotopic (exact) mass is 259 g/mol. The molecule has 0 aliphatic carbocycles. The molecule has 0 aliphatic heterocycles. The molecule has 92 valence electrons. The Hall–Kier alpha value is -1.80. The zero-order valence-corrected chi connectivity index (χ0v) is 11.3. The summed E-state index contributed by atoms with van der Waals surface area (Å²) in [6.07, 6.45) is 0. The predicted octanol–water partition coefficient (Wildman–Crippen LogP) is 3.36. The molecule has 0 saturated carbocycles. The van der Waals surface area contributed by atoms with Gasteiger partial charge in [0.15, 0.2) is 0 Å². The lowest BCUT2D eigenvalue weighted by atomic mass is 10.1. The number of hydrogen-bond acceptors (Lipinski definition) is 5. The molecule has 0 amide bonds. The van der Waals surface area contributed by atoms with E-state index < -0.39 is 0 Å². The third-order valence-corrected chi connectivity index (χ3v) is 3.45. The summed E-state index contributed by atoms with van der Waals surface area (Å²) in [5, 5.41) is 16.9. The number of benzene rings is 1. The van der Waals surface area contributed by atoms with Crippen LogP contribution in [0.1, 0.15) is 18.1 Å². The summed E-state index contributed by atoms with van der Waals surface area (Å²) in [6.45, 7) is 5.90. The van der Waals surface area contributed by atoms with Crippen molar-refractivity contribution in [3.05, 3.63) is 29.3 Å². The van der Waals surface area contributed by atoms with Crippen molar-refractivity contribution in [1.29, 1.82) is 5.26 Å². The largest absolute Gasteiger partial charge is 0.411 e. The maximum Gasteiger partial charge on any atom is 0.278 e. The molecule has 1 heterocycles. The van der Waals surface area contributed by atoms with Crippen LogP contribution in [-0.2, 0) is 0 Å². The van der Waals surface area contributed by atoms with Crippen molar-refractivity contribution in [1.82, 2.24) is 10.2 Å². The number of rotatable bonds is 3. The van der Waals surface area contributed by atoms with Crippen molar-refractivity contribution < 1.29 is 4.42 Å². The van der Waals surface area contributed by atoms with Gasteiger partial charge < -0.3 is 4.42 Å². The number of aromatic nitrogens is 2. The summed E-state index contributed by atoms with van der Waals surface area (Å²) >= 11 is 1.27. The number of thioether (sulfide) groups is 1. The average Bonchev–Trinajstić information content (AvgIpc) is 2.81. The molecule has 0 N–H and O–H groups in total. The number of nitrogens with zero attached hydrogens (tertiary/aromatic N) is 3. The number of nitriles is 1. The summed E-state index contributed by atoms with van der Waals surface area (Å²) < 4.78 is 5.53. The van der Waals surface area contributed by atoms with Gasteiger partial charge in [0.05, 0.1) is 11.3 Å². The Morgan fingerprint density at radius 1 is 1.28 bits per heavy atom. The van der Waals surface area contributed by atoms with Crippen LogP contribution in [0, 0.1) is 25.2 Å². The second-order valence-electron chi connectivity index (χ2n) is 4.06. The molecule has 2 aromatic rings. The maximum atomic E-state index is 8.73. The fourth-order valence-corrected chi connectivity index (χ4v) is 2.00. The van der Waals surface area contributed by atoms with Gasteiger partial charge in [-0.25, -0.2) is 0 Å². The lowest BCUT2D eigenvalue weighted by molar-refractivity contribution is 0.465. The highest BCUT2D eigenvalue weighted by molar-refractivity contribution is 7.99. The standard InChI is InChI=1S/C13H13N3OS/c1-8-4-5-11(6-9(8)2)12-15-16-13(17-12)18-10(3)7-14/h4-6,10H,1-3H3/t10-/m1/s1. The van der Waals surface area contributed by atoms with E-state index in [1.165, 1.54) is 22.9 Å². The first-order valence-corrected chi connectivity index (χ1v) is 6.45. The topological polar surface area (TPSA) is 62.7 Å². The molecule has 1 aromatic heterocycles. The van der Waals surface area contributed by atoms with E-state index >= 15 is 0 Å². The van der Waals surface area contributed by atoms with Gasteiger partial charge in [0.2, 0.25) is 5.89 Å². The molecule has 5 heteroatoms. The van der Waals surface area contributed by atoms with Crippen molar-refractivity contribution in [2.75, 3.05) is 0 Å². The maximum absolute atomic E-state index is 8.73. The van der Waals surface area contributed by atoms with Crippen LogP contribution in [0.3, 0.4) is 0 Å². The molecule has 1 atom stereocenters. The summed E-state index contributed by atoms with van der Waals surface area (Å²) in [5.74, 6) is 0.491. The van der Waals surface area contributed by atoms with Crippen LogP contribution < -0.4 is 0 Å². The molecule has 0 aliphatic rings. The van der Waals surface area contributed by atoms with Crippen molar-refractivity contribution in [3.63, 3.8) is 0 Å². The van der Waals surface area contributed by atoms with E-state index in [0.717, 1.165) is 5.56 Å². The molecule has 0 saturated heterocycles. The Kier molecular flexibility index (Phi) is 3.68. The Morgan fingerprint density at radius 2 is 2.06 bits per heavy atom. The smallest absolute Gasteiger partial charge is 0.278 e. The molecule has 0 bridgehead atoms. The second-order valence-corrected chi connectivity index (χ2v) is 5.35. The number of hydrogen-bond donors (Lipinski definition) is 0. The Balaban J connectivity index is 2.24. The van der Waals surface area contributed by atoms with Crippen LogP contribution in [0.4, 0.5) is 0 Å². The van der Waals surface area contributed by atoms with E-state index in [-0.39, 0.29) is 5.25 Å². The van der Waals surface area contributed by atoms with Gasteiger partial charge in [0, 0.05) is 5.56 Å². The fourth-order valence-electron chi connectivity index (χ4n) is 1.43. The van der Waals surface area contributed by atoms with Crippen molar-refractivity contribution in [2.24, 2.45) is 0 Å². The highest BCUT2D eigenvalue weighted by Gasteiger charge is 2.12. The van der Waals surface area contributed by atoms with Gasteiger partial charge in [-0.3, -0.25) is 0 Å². The second kappa shape index (κ2) is 5.23. The van der Waals surface area contributed by atoms with Crippen molar-refractivity contribution in [2.45, 2.75) is 31.2 Å². The van der Waals surface area contributed by atoms with Crippen LogP contribution in [0.25, 0.3) is 11.5 Å². The third-order valence-electron chi connectivity index (χ3n) is 2.62. The Morgan fingerprint density at radius 3 is 2.72 bits per heavy atom. The van der Waals surface area contributed by atoms with E-state index in [4.69, 9.17) is 9.68 Å². The first-order valence-electron chi connectivity index (χ1n) is 5.57. The predicted molar refractivity (Wildman–Crippen MR) is 70.1 cm³/mol. The van der Waals surface area contributed by atoms with E-state index in [2.05, 4.69) is 23.2 Å². The first-order chi connectivity index (χ1) is 8.60. The molecule has 18 heavy (non-hydrogen) atoms. The van der Waals surface area contributed by atoms with Crippen molar-refractivity contribution >= 4 is 11.8 Å². The van der Waals surface area contributed by atoms with Gasteiger partial charge in [-0.05, 0) is 55.8 Å². The molecule has 0 spiro atoms. The van der Waals surface area contributed by atoms with Gasteiger partial charge >= 0.3 is 0 Å². The molecule has 2 rings (SSSR count). The van der Waals surface area contributed by atoms with Crippen LogP contribution >= 0.6 is 11.8 Å². The molecule has 0 radical (unpaired) electrons. The van der Waals surface area contributed by atoms with E-state index in [9.17, 15) is 0 Å². The van der Waals surface area contributed by atoms with Crippen molar-refractivity contribution in [3.8, 4) is 17.5 Å². The third kappa shape index (κ3) is 2.71. The minimum atomic E-state index is -0.196. The fraction of sp³-hybridized carbons (Fsp3) is 0.308. The molecular formula is C13H13N3OS. The van der Waals surface area contributed by atoms with Gasteiger partial charge in [-0.2, -0.15) is 5.26 Å². The van der Waals surface area contributed by atoms with Gasteiger partial charge in [-0.15, -0.1) is 10.2 Å². The van der Waals surface area contributed by atoms with Gasteiger partial charge in [-0.1, -0.05) is 6.07 Å². The van der Waals surface area contributed by atoms with Crippen LogP contribution in [-0.4, -0.2) is 15.4 Å². The van der Waals surface area contributed by atoms with Crippen LogP contribution in [0.2, 0.25) is 0 Å². The highest BCUT2D eigenvalue weighted by Crippen LogP contribution is 2.26. The zero-order chi connectivity index (χ0) is 13.1. The first kappa shape index (κ1) is 12.7. The van der Waals surface area contributed by atoms with Gasteiger partial charge in [0.1, 0.15) is 0 Å². The molecule has 1 aromatic carbocycles. The Labute approximate surface area is 110 Å². The molecule has 0 fully saturated rings. The quantitative estimate of drug-likeness (QED) is 0.791. The zero-order valence-electron chi connectivity index (χ0n) is 10.5. The van der Waals surface area contributed by atoms with E-state index in [1.807, 2.05) is 25.1 Å². The van der Waals surface area contributed by atoms with E-state index in [1.54, 1.807) is 6.92 Å². The van der Waals surface area contributed by atoms with E-state index in [0.29, 0.717) is 11.1 Å². The Bertz CT molecular complexity index is 601. The molecule has 4 nitrogen and oxygen atoms in total. The van der Waals surface area contributed by atoms with Gasteiger partial charge in [0.25, 0.3) is 5.22 Å². The normalized spacial score (nSPS) is 12.1. The van der Waals surface area contributed by atoms with Crippen LogP contribution in [0.15, 0.2) is 27.8 Å². The SMILES string of the molecule is Cc1ccc(-c2nnc(S[C@H](C)C#N)o2)cc1C. The summed E-state index contributed by atoms with van der Waals surface area (Å²) in [6, 6.07) is 8.12. The highest BCUT2D eigenvalue weighted by atomic mass is 32.2. The minimum Gasteiger partial charge on any atom is -0.411 e. The average molecular weight is 259 g/mol. The van der Waals surface area contributed by atoms with Crippen LogP contribution in [0.5, 0.6) is 0 Å². The summed E-state index contributed by atoms with van der Waals surface area (Å²) in [5.41, 5.74) is 3.32. The summed E-state index contributed by atoms with van der Waals surface area (Å²) in [7, 11) is 0.